The minimum Gasteiger partial charge on any atom is -0.273 e. The molecule has 0 amide bonds. The van der Waals surface area contributed by atoms with Crippen molar-refractivity contribution in [3.05, 3.63) is 30.3 Å². The van der Waals surface area contributed by atoms with Crippen molar-refractivity contribution in [2.75, 3.05) is 0 Å². The van der Waals surface area contributed by atoms with Crippen LogP contribution in [0.5, 0.6) is 0 Å². The molecular weight excluding hydrogens is 358 g/mol. The van der Waals surface area contributed by atoms with Crippen LogP contribution in [0.1, 0.15) is 0 Å². The number of rotatable bonds is 3. The fourth-order valence-electron chi connectivity index (χ4n) is 2.64. The highest BCUT2D eigenvalue weighted by Crippen LogP contribution is 2.68. The Labute approximate surface area is 136 Å². The Morgan fingerprint density at radius 2 is 1.30 bits per heavy atom. The van der Waals surface area contributed by atoms with E-state index in [2.05, 4.69) is 77.6 Å². The van der Waals surface area contributed by atoms with Gasteiger partial charge in [-0.05, 0) is 5.19 Å². The highest BCUT2D eigenvalue weighted by Gasteiger charge is 2.68. The quantitative estimate of drug-likeness (QED) is 0.421. The first-order valence-corrected chi connectivity index (χ1v) is 18.8. The van der Waals surface area contributed by atoms with Crippen molar-refractivity contribution in [2.24, 2.45) is 0 Å². The second-order valence-electron chi connectivity index (χ2n) is 7.16. The summed E-state index contributed by atoms with van der Waals surface area (Å²) in [4.78, 5) is 0. The lowest BCUT2D eigenvalue weighted by Gasteiger charge is -2.66. The summed E-state index contributed by atoms with van der Waals surface area (Å²) in [5.74, 6) is 0. The van der Waals surface area contributed by atoms with E-state index in [1.54, 1.807) is 0 Å². The Kier molecular flexibility index (Phi) is 4.69. The summed E-state index contributed by atoms with van der Waals surface area (Å²) in [6, 6.07) is 10.6. The summed E-state index contributed by atoms with van der Waals surface area (Å²) in [7, 11) is -6.12. The van der Waals surface area contributed by atoms with Gasteiger partial charge in [-0.1, -0.05) is 80.9 Å². The van der Waals surface area contributed by atoms with E-state index in [1.807, 2.05) is 0 Å². The largest absolute Gasteiger partial charge is 0.337 e. The zero-order chi connectivity index (χ0) is 15.3. The van der Waals surface area contributed by atoms with E-state index < -0.39 is 31.8 Å². The van der Waals surface area contributed by atoms with Crippen LogP contribution in [-0.4, -0.2) is 32.2 Å². The van der Waals surface area contributed by atoms with E-state index in [4.69, 9.17) is 22.3 Å². The highest BCUT2D eigenvalue weighted by molar-refractivity contribution is 7.91. The molecule has 1 fully saturated rings. The standard InChI is InChI=1S/C12H23Cl2N2PSi3/c1-18(2,3)15-17(13)16(19(4,5)6)20(15,14)12-10-8-7-9-11-12/h7-11H,1-6H3. The van der Waals surface area contributed by atoms with Crippen molar-refractivity contribution in [3.63, 3.8) is 0 Å². The maximum absolute atomic E-state index is 7.32. The molecule has 2 rings (SSSR count). The molecule has 1 aliphatic rings. The third kappa shape index (κ3) is 2.72. The van der Waals surface area contributed by atoms with Gasteiger partial charge in [-0.15, -0.1) is 11.1 Å². The second kappa shape index (κ2) is 5.46. The van der Waals surface area contributed by atoms with Gasteiger partial charge in [0.25, 0.3) is 0 Å². The van der Waals surface area contributed by atoms with Crippen LogP contribution in [0, 0.1) is 0 Å². The Morgan fingerprint density at radius 1 is 0.900 bits per heavy atom. The molecule has 0 atom stereocenters. The molecule has 1 aliphatic heterocycles. The van der Waals surface area contributed by atoms with Crippen LogP contribution in [0.3, 0.4) is 0 Å². The molecule has 0 radical (unpaired) electrons. The number of halogens is 2. The smallest absolute Gasteiger partial charge is 0.273 e. The van der Waals surface area contributed by atoms with E-state index in [9.17, 15) is 0 Å². The minimum atomic E-state index is -2.31. The topological polar surface area (TPSA) is 6.48 Å². The molecule has 2 nitrogen and oxygen atoms in total. The second-order valence-corrected chi connectivity index (χ2v) is 25.6. The van der Waals surface area contributed by atoms with Gasteiger partial charge in [0.05, 0.1) is 0 Å². The van der Waals surface area contributed by atoms with Crippen molar-refractivity contribution in [1.82, 2.24) is 8.00 Å². The van der Waals surface area contributed by atoms with E-state index in [0.717, 1.165) is 0 Å². The molecule has 8 heteroatoms. The number of hydrogen-bond donors (Lipinski definition) is 0. The van der Waals surface area contributed by atoms with E-state index in [0.29, 0.717) is 0 Å². The third-order valence-electron chi connectivity index (χ3n) is 3.30. The maximum Gasteiger partial charge on any atom is 0.337 e. The monoisotopic (exact) mass is 380 g/mol. The first-order chi connectivity index (χ1) is 9.00. The average molecular weight is 381 g/mol. The van der Waals surface area contributed by atoms with Crippen molar-refractivity contribution >= 4 is 59.3 Å². The fourth-order valence-corrected chi connectivity index (χ4v) is 34.6. The lowest BCUT2D eigenvalue weighted by Crippen LogP contribution is -2.83. The van der Waals surface area contributed by atoms with Gasteiger partial charge in [0.1, 0.15) is 24.0 Å². The summed E-state index contributed by atoms with van der Waals surface area (Å²) in [5.41, 5.74) is 0. The van der Waals surface area contributed by atoms with Crippen LogP contribution in [-0.2, 0) is 0 Å². The summed E-state index contributed by atoms with van der Waals surface area (Å²) in [6.07, 6.45) is 0. The zero-order valence-electron chi connectivity index (χ0n) is 13.0. The van der Waals surface area contributed by atoms with E-state index in [-0.39, 0.29) is 0 Å². The minimum absolute atomic E-state index is 0.740. The zero-order valence-corrected chi connectivity index (χ0v) is 18.4. The third-order valence-corrected chi connectivity index (χ3v) is 27.9. The Balaban J connectivity index is 2.53. The number of nitrogens with zero attached hydrogens (tertiary/aromatic N) is 2. The first kappa shape index (κ1) is 17.2. The van der Waals surface area contributed by atoms with Gasteiger partial charge in [-0.3, -0.25) is 8.00 Å². The fraction of sp³-hybridized carbons (Fsp3) is 0.500. The van der Waals surface area contributed by atoms with Crippen molar-refractivity contribution < 1.29 is 0 Å². The molecule has 0 aromatic heterocycles. The predicted octanol–water partition coefficient (Wildman–Crippen LogP) is 4.82. The van der Waals surface area contributed by atoms with Gasteiger partial charge in [-0.25, -0.2) is 0 Å². The van der Waals surface area contributed by atoms with Crippen molar-refractivity contribution in [2.45, 2.75) is 39.3 Å². The molecule has 0 unspecified atom stereocenters. The molecule has 112 valence electrons. The van der Waals surface area contributed by atoms with Crippen LogP contribution in [0.25, 0.3) is 0 Å². The van der Waals surface area contributed by atoms with Gasteiger partial charge in [-0.2, -0.15) is 0 Å². The predicted molar refractivity (Wildman–Crippen MR) is 101 cm³/mol. The Morgan fingerprint density at radius 3 is 1.65 bits per heavy atom. The Bertz CT molecular complexity index is 468. The average Bonchev–Trinajstić information content (AvgIpc) is 2.25. The SMILES string of the molecule is C[Si](C)(C)N1P(Cl)N([Si](C)(C)C)[Si]1(Cl)c1ccccc1. The molecule has 0 spiro atoms. The Hall–Kier alpha value is 0.801. The normalized spacial score (nSPS) is 29.3. The van der Waals surface area contributed by atoms with Crippen LogP contribution >= 0.6 is 29.9 Å². The van der Waals surface area contributed by atoms with E-state index >= 15 is 0 Å². The summed E-state index contributed by atoms with van der Waals surface area (Å²) >= 11 is 14.1. The molecule has 0 aliphatic carbocycles. The van der Waals surface area contributed by atoms with Crippen LogP contribution in [0.4, 0.5) is 0 Å². The maximum atomic E-state index is 7.32. The van der Waals surface area contributed by atoms with Gasteiger partial charge >= 0.3 is 7.71 Å². The molecule has 20 heavy (non-hydrogen) atoms. The van der Waals surface area contributed by atoms with Gasteiger partial charge < -0.3 is 0 Å². The summed E-state index contributed by atoms with van der Waals surface area (Å²) in [5, 5.41) is 1.28. The van der Waals surface area contributed by atoms with Gasteiger partial charge in [0, 0.05) is 0 Å². The lowest BCUT2D eigenvalue weighted by atomic mass is 10.4. The van der Waals surface area contributed by atoms with Gasteiger partial charge in [0.15, 0.2) is 0 Å². The molecule has 0 bridgehead atoms. The summed E-state index contributed by atoms with van der Waals surface area (Å²) < 4.78 is 5.07. The molecular formula is C12H23Cl2N2PSi3. The van der Waals surface area contributed by atoms with Crippen LogP contribution in [0.2, 0.25) is 39.3 Å². The van der Waals surface area contributed by atoms with Crippen molar-refractivity contribution in [3.8, 4) is 0 Å². The first-order valence-electron chi connectivity index (χ1n) is 6.81. The molecule has 1 aromatic rings. The van der Waals surface area contributed by atoms with Gasteiger partial charge in [0.2, 0.25) is 0 Å². The van der Waals surface area contributed by atoms with Crippen LogP contribution in [0.15, 0.2) is 30.3 Å². The number of hydrogen-bond acceptors (Lipinski definition) is 2. The molecule has 1 aromatic carbocycles. The number of benzene rings is 1. The molecule has 0 saturated carbocycles. The molecule has 0 N–H and O–H groups in total. The highest BCUT2D eigenvalue weighted by atomic mass is 35.7. The summed E-state index contributed by atoms with van der Waals surface area (Å²) in [6.45, 7) is 14.1. The van der Waals surface area contributed by atoms with Crippen molar-refractivity contribution in [1.29, 1.82) is 0 Å². The van der Waals surface area contributed by atoms with E-state index in [1.165, 1.54) is 5.19 Å². The lowest BCUT2D eigenvalue weighted by molar-refractivity contribution is 0.763. The molecule has 1 saturated heterocycles. The molecule has 1 heterocycles. The van der Waals surface area contributed by atoms with Crippen LogP contribution < -0.4 is 5.19 Å².